The molecule has 10 heteroatoms. The lowest BCUT2D eigenvalue weighted by molar-refractivity contribution is -0.139. The van der Waals surface area contributed by atoms with E-state index in [2.05, 4.69) is 15.4 Å². The van der Waals surface area contributed by atoms with Gasteiger partial charge in [-0.25, -0.2) is 14.8 Å². The number of hydrogen-bond donors (Lipinski definition) is 1. The molecule has 0 aliphatic carbocycles. The Bertz CT molecular complexity index is 1290. The molecule has 0 bridgehead atoms. The average molecular weight is 535 g/mol. The highest BCUT2D eigenvalue weighted by molar-refractivity contribution is 5.72. The summed E-state index contributed by atoms with van der Waals surface area (Å²) in [5, 5.41) is 7.82. The van der Waals surface area contributed by atoms with Crippen LogP contribution < -0.4 is 5.32 Å². The summed E-state index contributed by atoms with van der Waals surface area (Å²) in [6.07, 6.45) is 8.63. The lowest BCUT2D eigenvalue weighted by atomic mass is 9.99. The third-order valence-electron chi connectivity index (χ3n) is 6.74. The highest BCUT2D eigenvalue weighted by atomic mass is 16.6. The lowest BCUT2D eigenvalue weighted by Crippen LogP contribution is -2.42. The van der Waals surface area contributed by atoms with E-state index in [1.807, 2.05) is 69.0 Å². The van der Waals surface area contributed by atoms with E-state index in [4.69, 9.17) is 14.5 Å². The summed E-state index contributed by atoms with van der Waals surface area (Å²) in [4.78, 5) is 35.1. The Hall–Kier alpha value is -3.95. The number of amides is 1. The zero-order chi connectivity index (χ0) is 28.0. The molecule has 39 heavy (non-hydrogen) atoms. The van der Waals surface area contributed by atoms with E-state index in [1.165, 1.54) is 7.11 Å². The molecule has 0 radical (unpaired) electrons. The highest BCUT2D eigenvalue weighted by Crippen LogP contribution is 2.25. The van der Waals surface area contributed by atoms with Crippen molar-refractivity contribution in [3.05, 3.63) is 65.2 Å². The van der Waals surface area contributed by atoms with Crippen LogP contribution in [0.4, 0.5) is 16.4 Å². The third-order valence-corrected chi connectivity index (χ3v) is 6.74. The molecule has 1 aromatic carbocycles. The van der Waals surface area contributed by atoms with Crippen LogP contribution in [0, 0.1) is 6.92 Å². The van der Waals surface area contributed by atoms with Crippen molar-refractivity contribution in [3.8, 4) is 0 Å². The Kier molecular flexibility index (Phi) is 8.83. The van der Waals surface area contributed by atoms with Crippen LogP contribution in [0.3, 0.4) is 0 Å². The Labute approximate surface area is 229 Å². The van der Waals surface area contributed by atoms with Gasteiger partial charge in [-0.3, -0.25) is 9.48 Å². The molecular formula is C29H38N6O4. The van der Waals surface area contributed by atoms with Gasteiger partial charge in [0, 0.05) is 31.2 Å². The smallest absolute Gasteiger partial charge is 0.410 e. The van der Waals surface area contributed by atoms with Crippen LogP contribution in [0.5, 0.6) is 0 Å². The van der Waals surface area contributed by atoms with E-state index >= 15 is 0 Å². The second-order valence-electron chi connectivity index (χ2n) is 10.9. The first-order valence-corrected chi connectivity index (χ1v) is 13.4. The molecule has 4 rings (SSSR count). The molecule has 0 saturated carbocycles. The molecule has 1 fully saturated rings. The van der Waals surface area contributed by atoms with Gasteiger partial charge in [-0.05, 0) is 70.1 Å². The molecule has 10 nitrogen and oxygen atoms in total. The van der Waals surface area contributed by atoms with Crippen LogP contribution in [0.2, 0.25) is 0 Å². The Balaban J connectivity index is 1.35. The summed E-state index contributed by atoms with van der Waals surface area (Å²) in [5.74, 6) is 0.263. The van der Waals surface area contributed by atoms with Crippen LogP contribution in [0.15, 0.2) is 42.9 Å². The molecule has 208 valence electrons. The summed E-state index contributed by atoms with van der Waals surface area (Å²) in [7, 11) is 1.41. The van der Waals surface area contributed by atoms with Crippen LogP contribution in [-0.4, -0.2) is 62.5 Å². The van der Waals surface area contributed by atoms with Crippen molar-refractivity contribution in [2.24, 2.45) is 0 Å². The molecule has 1 amide bonds. The predicted molar refractivity (Wildman–Crippen MR) is 148 cm³/mol. The van der Waals surface area contributed by atoms with Gasteiger partial charge in [-0.2, -0.15) is 5.10 Å². The van der Waals surface area contributed by atoms with Gasteiger partial charge in [0.1, 0.15) is 5.60 Å². The maximum absolute atomic E-state index is 12.4. The Morgan fingerprint density at radius 1 is 1.08 bits per heavy atom. The number of nitrogens with zero attached hydrogens (tertiary/aromatic N) is 5. The number of piperidine rings is 1. The molecule has 1 N–H and O–H groups in total. The first-order valence-electron chi connectivity index (χ1n) is 13.4. The molecule has 0 atom stereocenters. The Morgan fingerprint density at radius 2 is 1.79 bits per heavy atom. The minimum atomic E-state index is -0.497. The zero-order valence-corrected chi connectivity index (χ0v) is 23.4. The standard InChI is InChI=1S/C29H38N6O4/c1-20-17-30-27(33-25(20)11-10-21-8-6-7-9-22(21)16-26(36)38-5)32-23-18-31-35(19-23)24-12-14-34(15-13-24)28(37)39-29(2,3)4/h6-9,17-19,24H,10-16H2,1-5H3,(H,30,32,33). The maximum Gasteiger partial charge on any atom is 0.410 e. The van der Waals surface area contributed by atoms with Gasteiger partial charge in [0.25, 0.3) is 0 Å². The molecule has 1 saturated heterocycles. The quantitative estimate of drug-likeness (QED) is 0.410. The molecule has 0 spiro atoms. The third kappa shape index (κ3) is 7.78. The van der Waals surface area contributed by atoms with E-state index in [-0.39, 0.29) is 24.5 Å². The second kappa shape index (κ2) is 12.3. The van der Waals surface area contributed by atoms with Crippen LogP contribution in [0.25, 0.3) is 0 Å². The number of ether oxygens (including phenoxy) is 2. The first kappa shape index (κ1) is 28.1. The number of esters is 1. The van der Waals surface area contributed by atoms with Crippen molar-refractivity contribution >= 4 is 23.7 Å². The molecule has 1 aliphatic rings. The van der Waals surface area contributed by atoms with Crippen LogP contribution >= 0.6 is 0 Å². The number of carbonyl (C=O) groups is 2. The molecule has 1 aliphatic heterocycles. The number of anilines is 2. The van der Waals surface area contributed by atoms with E-state index in [1.54, 1.807) is 11.1 Å². The Morgan fingerprint density at radius 3 is 2.49 bits per heavy atom. The van der Waals surface area contributed by atoms with Gasteiger partial charge < -0.3 is 19.7 Å². The molecule has 3 heterocycles. The summed E-state index contributed by atoms with van der Waals surface area (Å²) >= 11 is 0. The zero-order valence-electron chi connectivity index (χ0n) is 23.4. The van der Waals surface area contributed by atoms with Crippen LogP contribution in [0.1, 0.15) is 62.0 Å². The number of likely N-dealkylation sites (tertiary alicyclic amines) is 1. The van der Waals surface area contributed by atoms with Crippen molar-refractivity contribution in [3.63, 3.8) is 0 Å². The molecule has 3 aromatic rings. The number of aryl methyl sites for hydroxylation is 3. The lowest BCUT2D eigenvalue weighted by Gasteiger charge is -2.33. The average Bonchev–Trinajstić information content (AvgIpc) is 3.37. The molecular weight excluding hydrogens is 496 g/mol. The fourth-order valence-electron chi connectivity index (χ4n) is 4.62. The first-order chi connectivity index (χ1) is 18.6. The monoisotopic (exact) mass is 534 g/mol. The SMILES string of the molecule is COC(=O)Cc1ccccc1CCc1nc(Nc2cnn(C3CCN(C(=O)OC(C)(C)C)CC3)c2)ncc1C. The summed E-state index contributed by atoms with van der Waals surface area (Å²) < 4.78 is 12.3. The van der Waals surface area contributed by atoms with E-state index in [0.717, 1.165) is 53.8 Å². The highest BCUT2D eigenvalue weighted by Gasteiger charge is 2.28. The topological polar surface area (TPSA) is 111 Å². The molecule has 2 aromatic heterocycles. The van der Waals surface area contributed by atoms with E-state index in [0.29, 0.717) is 19.0 Å². The van der Waals surface area contributed by atoms with Gasteiger partial charge >= 0.3 is 12.1 Å². The van der Waals surface area contributed by atoms with Gasteiger partial charge in [0.2, 0.25) is 5.95 Å². The van der Waals surface area contributed by atoms with Crippen molar-refractivity contribution < 1.29 is 19.1 Å². The van der Waals surface area contributed by atoms with Gasteiger partial charge in [0.15, 0.2) is 0 Å². The number of carbonyl (C=O) groups excluding carboxylic acids is 2. The van der Waals surface area contributed by atoms with Crippen LogP contribution in [-0.2, 0) is 33.5 Å². The normalized spacial score (nSPS) is 14.2. The van der Waals surface area contributed by atoms with Crippen molar-refractivity contribution in [1.29, 1.82) is 0 Å². The number of methoxy groups -OCH3 is 1. The number of nitrogens with one attached hydrogen (secondary N) is 1. The maximum atomic E-state index is 12.4. The fraction of sp³-hybridized carbons (Fsp3) is 0.483. The largest absolute Gasteiger partial charge is 0.469 e. The molecule has 0 unspecified atom stereocenters. The van der Waals surface area contributed by atoms with Gasteiger partial charge in [-0.1, -0.05) is 24.3 Å². The minimum absolute atomic E-state index is 0.207. The predicted octanol–water partition coefficient (Wildman–Crippen LogP) is 4.80. The van der Waals surface area contributed by atoms with Crippen molar-refractivity contribution in [2.75, 3.05) is 25.5 Å². The summed E-state index contributed by atoms with van der Waals surface area (Å²) in [6.45, 7) is 8.90. The number of benzene rings is 1. The summed E-state index contributed by atoms with van der Waals surface area (Å²) in [6, 6.07) is 8.13. The van der Waals surface area contributed by atoms with Crippen molar-refractivity contribution in [1.82, 2.24) is 24.6 Å². The van der Waals surface area contributed by atoms with Gasteiger partial charge in [0.05, 0.1) is 31.5 Å². The number of hydrogen-bond acceptors (Lipinski definition) is 8. The second-order valence-corrected chi connectivity index (χ2v) is 10.9. The van der Waals surface area contributed by atoms with E-state index < -0.39 is 5.60 Å². The van der Waals surface area contributed by atoms with E-state index in [9.17, 15) is 9.59 Å². The fourth-order valence-corrected chi connectivity index (χ4v) is 4.62. The summed E-state index contributed by atoms with van der Waals surface area (Å²) in [5.41, 5.74) is 4.35. The number of aromatic nitrogens is 4. The van der Waals surface area contributed by atoms with Crippen molar-refractivity contribution in [2.45, 2.75) is 71.4 Å². The minimum Gasteiger partial charge on any atom is -0.469 e. The van der Waals surface area contributed by atoms with Gasteiger partial charge in [-0.15, -0.1) is 0 Å². The number of rotatable bonds is 8.